The molecule has 1 rings (SSSR count). The Morgan fingerprint density at radius 1 is 1.65 bits per heavy atom. The van der Waals surface area contributed by atoms with Crippen molar-refractivity contribution >= 4 is 12.1 Å². The van der Waals surface area contributed by atoms with Crippen LogP contribution in [0.25, 0.3) is 0 Å². The summed E-state index contributed by atoms with van der Waals surface area (Å²) in [5, 5.41) is 18.2. The molecule has 7 nitrogen and oxygen atoms in total. The third-order valence-electron chi connectivity index (χ3n) is 2.37. The molecular formula is C10H17NO6. The van der Waals surface area contributed by atoms with E-state index in [9.17, 15) is 14.7 Å². The van der Waals surface area contributed by atoms with Gasteiger partial charge in [0.1, 0.15) is 0 Å². The van der Waals surface area contributed by atoms with Gasteiger partial charge in [-0.15, -0.1) is 0 Å². The van der Waals surface area contributed by atoms with Gasteiger partial charge >= 0.3 is 12.1 Å². The molecule has 0 aromatic heterocycles. The lowest BCUT2D eigenvalue weighted by Gasteiger charge is -2.19. The summed E-state index contributed by atoms with van der Waals surface area (Å²) in [6.45, 7) is 3.23. The molecule has 1 atom stereocenters. The van der Waals surface area contributed by atoms with Crippen LogP contribution in [0.1, 0.15) is 20.3 Å². The first-order valence-electron chi connectivity index (χ1n) is 5.27. The van der Waals surface area contributed by atoms with Crippen LogP contribution in [0.15, 0.2) is 0 Å². The van der Waals surface area contributed by atoms with Crippen molar-refractivity contribution in [3.8, 4) is 0 Å². The molecule has 0 saturated carbocycles. The number of hydrogen-bond acceptors (Lipinski definition) is 5. The highest BCUT2D eigenvalue weighted by atomic mass is 16.6. The number of carboxylic acid groups (broad SMARTS) is 1. The van der Waals surface area contributed by atoms with Crippen LogP contribution in [0.5, 0.6) is 0 Å². The van der Waals surface area contributed by atoms with E-state index in [2.05, 4.69) is 4.74 Å². The van der Waals surface area contributed by atoms with Gasteiger partial charge < -0.3 is 19.7 Å². The zero-order valence-electron chi connectivity index (χ0n) is 9.88. The van der Waals surface area contributed by atoms with Gasteiger partial charge in [-0.25, -0.2) is 9.59 Å². The third-order valence-corrected chi connectivity index (χ3v) is 2.37. The number of ether oxygens (including phenoxy) is 2. The van der Waals surface area contributed by atoms with Crippen molar-refractivity contribution in [3.05, 3.63) is 0 Å². The molecule has 17 heavy (non-hydrogen) atoms. The van der Waals surface area contributed by atoms with Crippen LogP contribution >= 0.6 is 0 Å². The topological polar surface area (TPSA) is 96.3 Å². The van der Waals surface area contributed by atoms with Gasteiger partial charge in [0.2, 0.25) is 0 Å². The van der Waals surface area contributed by atoms with Crippen molar-refractivity contribution in [2.45, 2.75) is 31.9 Å². The molecule has 2 N–H and O–H groups in total. The second-order valence-corrected chi connectivity index (χ2v) is 4.50. The molecule has 7 heteroatoms. The number of cyclic esters (lactones) is 1. The van der Waals surface area contributed by atoms with Gasteiger partial charge in [-0.05, 0) is 20.3 Å². The number of carbonyl (C=O) groups excluding carboxylic acids is 1. The van der Waals surface area contributed by atoms with E-state index in [0.717, 1.165) is 4.90 Å². The van der Waals surface area contributed by atoms with Crippen LogP contribution in [-0.2, 0) is 14.3 Å². The Morgan fingerprint density at radius 3 is 2.82 bits per heavy atom. The average Bonchev–Trinajstić information content (AvgIpc) is 2.53. The summed E-state index contributed by atoms with van der Waals surface area (Å²) < 4.78 is 9.79. The van der Waals surface area contributed by atoms with Crippen LogP contribution in [0.4, 0.5) is 4.79 Å². The molecule has 0 radical (unpaired) electrons. The first kappa shape index (κ1) is 13.7. The predicted molar refractivity (Wildman–Crippen MR) is 56.3 cm³/mol. The van der Waals surface area contributed by atoms with E-state index in [-0.39, 0.29) is 19.9 Å². The Hall–Kier alpha value is -1.34. The van der Waals surface area contributed by atoms with E-state index < -0.39 is 23.7 Å². The Morgan fingerprint density at radius 2 is 2.29 bits per heavy atom. The number of hydrogen-bond donors (Lipinski definition) is 2. The van der Waals surface area contributed by atoms with Crippen molar-refractivity contribution in [2.24, 2.45) is 0 Å². The Kier molecular flexibility index (Phi) is 4.30. The Bertz CT molecular complexity index is 298. The average molecular weight is 247 g/mol. The maximum absolute atomic E-state index is 11.2. The van der Waals surface area contributed by atoms with Crippen LogP contribution in [0.2, 0.25) is 0 Å². The molecule has 1 heterocycles. The molecule has 1 unspecified atom stereocenters. The smallest absolute Gasteiger partial charge is 0.410 e. The summed E-state index contributed by atoms with van der Waals surface area (Å²) in [6, 6.07) is -0.908. The summed E-state index contributed by atoms with van der Waals surface area (Å²) >= 11 is 0. The highest BCUT2D eigenvalue weighted by Crippen LogP contribution is 2.13. The van der Waals surface area contributed by atoms with Crippen molar-refractivity contribution in [1.82, 2.24) is 4.90 Å². The van der Waals surface area contributed by atoms with Gasteiger partial charge in [0.25, 0.3) is 0 Å². The molecule has 0 aromatic carbocycles. The third kappa shape index (κ3) is 4.20. The van der Waals surface area contributed by atoms with Gasteiger partial charge in [0.15, 0.2) is 12.8 Å². The molecule has 1 fully saturated rings. The summed E-state index contributed by atoms with van der Waals surface area (Å²) in [7, 11) is 0. The normalized spacial score (nSPS) is 20.5. The van der Waals surface area contributed by atoms with E-state index in [1.54, 1.807) is 13.8 Å². The van der Waals surface area contributed by atoms with Gasteiger partial charge in [0, 0.05) is 6.61 Å². The number of carbonyl (C=O) groups is 2. The van der Waals surface area contributed by atoms with Crippen LogP contribution in [0, 0.1) is 0 Å². The molecule has 0 spiro atoms. The minimum Gasteiger partial charge on any atom is -0.465 e. The fourth-order valence-corrected chi connectivity index (χ4v) is 1.31. The maximum Gasteiger partial charge on any atom is 0.410 e. The number of aliphatic hydroxyl groups is 1. The first-order valence-corrected chi connectivity index (χ1v) is 5.27. The first-order chi connectivity index (χ1) is 7.81. The van der Waals surface area contributed by atoms with Crippen LogP contribution < -0.4 is 0 Å². The fourth-order valence-electron chi connectivity index (χ4n) is 1.31. The summed E-state index contributed by atoms with van der Waals surface area (Å²) in [6.07, 6.45) is -0.811. The molecule has 1 saturated heterocycles. The number of esters is 1. The standard InChI is InChI=1S/C10H17NO6/c1-10(2,15)3-4-16-5-7-8(12)17-6-11(7)9(13)14/h7,15H,3-6H2,1-2H3,(H,13,14). The minimum absolute atomic E-state index is 0.0544. The molecular weight excluding hydrogens is 230 g/mol. The zero-order chi connectivity index (χ0) is 13.1. The van der Waals surface area contributed by atoms with E-state index in [4.69, 9.17) is 9.84 Å². The number of rotatable bonds is 5. The summed E-state index contributed by atoms with van der Waals surface area (Å²) in [4.78, 5) is 22.9. The lowest BCUT2D eigenvalue weighted by molar-refractivity contribution is -0.140. The van der Waals surface area contributed by atoms with Crippen LogP contribution in [0.3, 0.4) is 0 Å². The van der Waals surface area contributed by atoms with Gasteiger partial charge in [0.05, 0.1) is 12.2 Å². The monoisotopic (exact) mass is 247 g/mol. The van der Waals surface area contributed by atoms with Crippen LogP contribution in [-0.4, -0.2) is 58.8 Å². The van der Waals surface area contributed by atoms with Crippen molar-refractivity contribution in [3.63, 3.8) is 0 Å². The largest absolute Gasteiger partial charge is 0.465 e. The fraction of sp³-hybridized carbons (Fsp3) is 0.800. The lowest BCUT2D eigenvalue weighted by atomic mass is 10.1. The van der Waals surface area contributed by atoms with Gasteiger partial charge in [-0.3, -0.25) is 4.90 Å². The SMILES string of the molecule is CC(C)(O)CCOCC1C(=O)OCN1C(=O)O. The van der Waals surface area contributed by atoms with Crippen molar-refractivity contribution < 1.29 is 29.3 Å². The predicted octanol–water partition coefficient (Wildman–Crippen LogP) is 0.0269. The molecule has 1 amide bonds. The quantitative estimate of drug-likeness (QED) is 0.525. The highest BCUT2D eigenvalue weighted by Gasteiger charge is 2.38. The van der Waals surface area contributed by atoms with E-state index in [1.165, 1.54) is 0 Å². The maximum atomic E-state index is 11.2. The summed E-state index contributed by atoms with van der Waals surface area (Å²) in [5.41, 5.74) is -0.845. The van der Waals surface area contributed by atoms with Crippen molar-refractivity contribution in [1.29, 1.82) is 0 Å². The Labute approximate surface area is 98.9 Å². The second kappa shape index (κ2) is 5.33. The molecule has 0 bridgehead atoms. The molecule has 1 aliphatic heterocycles. The molecule has 98 valence electrons. The lowest BCUT2D eigenvalue weighted by Crippen LogP contribution is -2.40. The van der Waals surface area contributed by atoms with E-state index >= 15 is 0 Å². The molecule has 1 aliphatic rings. The molecule has 0 aliphatic carbocycles. The second-order valence-electron chi connectivity index (χ2n) is 4.50. The van der Waals surface area contributed by atoms with E-state index in [0.29, 0.717) is 6.42 Å². The summed E-state index contributed by atoms with van der Waals surface area (Å²) in [5.74, 6) is -0.601. The van der Waals surface area contributed by atoms with Crippen molar-refractivity contribution in [2.75, 3.05) is 19.9 Å². The Balaban J connectivity index is 2.34. The molecule has 0 aromatic rings. The number of amides is 1. The number of nitrogens with zero attached hydrogens (tertiary/aromatic N) is 1. The van der Waals surface area contributed by atoms with E-state index in [1.807, 2.05) is 0 Å². The van der Waals surface area contributed by atoms with Gasteiger partial charge in [-0.2, -0.15) is 0 Å². The highest BCUT2D eigenvalue weighted by molar-refractivity contribution is 5.83. The van der Waals surface area contributed by atoms with Gasteiger partial charge in [-0.1, -0.05) is 0 Å². The minimum atomic E-state index is -1.22. The zero-order valence-corrected chi connectivity index (χ0v) is 9.88.